The van der Waals surface area contributed by atoms with Crippen LogP contribution in [0.25, 0.3) is 0 Å². The number of rotatable bonds is 5. The van der Waals surface area contributed by atoms with E-state index in [0.29, 0.717) is 5.02 Å². The molecule has 0 heterocycles. The van der Waals surface area contributed by atoms with E-state index in [2.05, 4.69) is 9.44 Å². The number of nitrogens with one attached hydrogen (secondary N) is 2. The van der Waals surface area contributed by atoms with Crippen molar-refractivity contribution in [3.63, 3.8) is 0 Å². The molecule has 0 radical (unpaired) electrons. The van der Waals surface area contributed by atoms with Crippen LogP contribution in [0.15, 0.2) is 47.4 Å². The number of hydrogen-bond donors (Lipinski definition) is 2. The van der Waals surface area contributed by atoms with Gasteiger partial charge in [0.2, 0.25) is 10.0 Å². The predicted molar refractivity (Wildman–Crippen MR) is 92.2 cm³/mol. The highest BCUT2D eigenvalue weighted by molar-refractivity contribution is 7.92. The Kier molecular flexibility index (Phi) is 5.10. The summed E-state index contributed by atoms with van der Waals surface area (Å²) in [5, 5.41) is 0.533. The summed E-state index contributed by atoms with van der Waals surface area (Å²) in [7, 11) is -7.26. The Labute approximate surface area is 144 Å². The number of hydrogen-bond acceptors (Lipinski definition) is 4. The van der Waals surface area contributed by atoms with Crippen LogP contribution >= 0.6 is 23.2 Å². The van der Waals surface area contributed by atoms with Crippen molar-refractivity contribution in [2.75, 3.05) is 15.7 Å². The van der Waals surface area contributed by atoms with Crippen LogP contribution in [0.2, 0.25) is 10.0 Å². The molecule has 2 N–H and O–H groups in total. The van der Waals surface area contributed by atoms with Gasteiger partial charge in [0.1, 0.15) is 0 Å². The third-order valence-electron chi connectivity index (χ3n) is 2.64. The van der Waals surface area contributed by atoms with Crippen molar-refractivity contribution in [2.24, 2.45) is 0 Å². The predicted octanol–water partition coefficient (Wildman–Crippen LogP) is 3.17. The Morgan fingerprint density at radius 3 is 1.87 bits per heavy atom. The van der Waals surface area contributed by atoms with Crippen molar-refractivity contribution < 1.29 is 16.8 Å². The molecule has 0 aliphatic heterocycles. The molecular formula is C13H12Cl2N2O4S2. The topological polar surface area (TPSA) is 92.3 Å². The lowest BCUT2D eigenvalue weighted by molar-refractivity contribution is 0.601. The molecule has 0 fully saturated rings. The van der Waals surface area contributed by atoms with Crippen molar-refractivity contribution in [1.82, 2.24) is 0 Å². The van der Waals surface area contributed by atoms with Gasteiger partial charge in [-0.25, -0.2) is 16.8 Å². The first-order valence-electron chi connectivity index (χ1n) is 6.12. The van der Waals surface area contributed by atoms with E-state index in [1.807, 2.05) is 0 Å². The molecule has 0 spiro atoms. The fourth-order valence-corrected chi connectivity index (χ4v) is 3.60. The van der Waals surface area contributed by atoms with Crippen LogP contribution in [-0.2, 0) is 20.0 Å². The molecule has 23 heavy (non-hydrogen) atoms. The van der Waals surface area contributed by atoms with Crippen molar-refractivity contribution in [3.05, 3.63) is 52.5 Å². The lowest BCUT2D eigenvalue weighted by atomic mass is 10.3. The second-order valence-corrected chi connectivity index (χ2v) is 8.88. The zero-order valence-corrected chi connectivity index (χ0v) is 14.9. The van der Waals surface area contributed by atoms with E-state index < -0.39 is 20.0 Å². The van der Waals surface area contributed by atoms with Gasteiger partial charge in [-0.15, -0.1) is 0 Å². The van der Waals surface area contributed by atoms with Gasteiger partial charge in [0.15, 0.2) is 0 Å². The molecule has 0 amide bonds. The molecule has 124 valence electrons. The Hall–Kier alpha value is -1.48. The first-order valence-corrected chi connectivity index (χ1v) is 10.3. The number of halogens is 2. The number of benzene rings is 2. The van der Waals surface area contributed by atoms with Gasteiger partial charge >= 0.3 is 0 Å². The maximum atomic E-state index is 12.3. The maximum absolute atomic E-state index is 12.3. The Morgan fingerprint density at radius 2 is 1.35 bits per heavy atom. The second kappa shape index (κ2) is 6.56. The molecule has 0 saturated heterocycles. The van der Waals surface area contributed by atoms with Crippen LogP contribution in [0.5, 0.6) is 0 Å². The van der Waals surface area contributed by atoms with Gasteiger partial charge in [0, 0.05) is 5.69 Å². The normalized spacial score (nSPS) is 12.0. The van der Waals surface area contributed by atoms with Gasteiger partial charge in [-0.05, 0) is 42.5 Å². The summed E-state index contributed by atoms with van der Waals surface area (Å²) >= 11 is 11.6. The SMILES string of the molecule is CS(=O)(=O)Nc1ccc(S(=O)(=O)Nc2ccc(Cl)c(Cl)c2)cc1. The lowest BCUT2D eigenvalue weighted by Crippen LogP contribution is -2.13. The molecule has 0 unspecified atom stereocenters. The second-order valence-electron chi connectivity index (χ2n) is 4.63. The monoisotopic (exact) mass is 394 g/mol. The molecule has 0 aliphatic carbocycles. The molecule has 10 heteroatoms. The molecule has 2 rings (SSSR count). The fraction of sp³-hybridized carbons (Fsp3) is 0.0769. The van der Waals surface area contributed by atoms with E-state index in [0.717, 1.165) is 6.26 Å². The molecular weight excluding hydrogens is 383 g/mol. The van der Waals surface area contributed by atoms with E-state index in [1.165, 1.54) is 42.5 Å². The minimum Gasteiger partial charge on any atom is -0.284 e. The van der Waals surface area contributed by atoms with Gasteiger partial charge in [-0.2, -0.15) is 0 Å². The fourth-order valence-electron chi connectivity index (χ4n) is 1.69. The van der Waals surface area contributed by atoms with Crippen LogP contribution in [0, 0.1) is 0 Å². The van der Waals surface area contributed by atoms with Gasteiger partial charge in [-0.1, -0.05) is 23.2 Å². The summed E-state index contributed by atoms with van der Waals surface area (Å²) in [5.41, 5.74) is 0.527. The van der Waals surface area contributed by atoms with Gasteiger partial charge in [0.05, 0.1) is 26.9 Å². The standard InChI is InChI=1S/C13H12Cl2N2O4S2/c1-22(18,19)16-9-2-5-11(6-3-9)23(20,21)17-10-4-7-12(14)13(15)8-10/h2-8,16-17H,1H3. The van der Waals surface area contributed by atoms with Gasteiger partial charge in [-0.3, -0.25) is 9.44 Å². The minimum absolute atomic E-state index is 0.0253. The zero-order valence-electron chi connectivity index (χ0n) is 11.7. The van der Waals surface area contributed by atoms with Crippen molar-refractivity contribution in [3.8, 4) is 0 Å². The van der Waals surface area contributed by atoms with Crippen molar-refractivity contribution in [1.29, 1.82) is 0 Å². The average Bonchev–Trinajstić information content (AvgIpc) is 2.41. The molecule has 0 atom stereocenters. The third-order valence-corrected chi connectivity index (χ3v) is 5.38. The van der Waals surface area contributed by atoms with Crippen molar-refractivity contribution in [2.45, 2.75) is 4.90 Å². The summed E-state index contributed by atoms with van der Waals surface area (Å²) in [5.74, 6) is 0. The van der Waals surface area contributed by atoms with E-state index >= 15 is 0 Å². The summed E-state index contributed by atoms with van der Waals surface area (Å²) < 4.78 is 51.4. The Bertz CT molecular complexity index is 927. The molecule has 0 aromatic heterocycles. The Morgan fingerprint density at radius 1 is 0.783 bits per heavy atom. The largest absolute Gasteiger partial charge is 0.284 e. The molecule has 2 aromatic carbocycles. The summed E-state index contributed by atoms with van der Waals surface area (Å²) in [4.78, 5) is -0.0253. The lowest BCUT2D eigenvalue weighted by Gasteiger charge is -2.10. The highest BCUT2D eigenvalue weighted by Gasteiger charge is 2.15. The van der Waals surface area contributed by atoms with Crippen molar-refractivity contribution >= 4 is 54.6 Å². The first kappa shape index (κ1) is 17.9. The zero-order chi connectivity index (χ0) is 17.3. The van der Waals surface area contributed by atoms with Gasteiger partial charge in [0.25, 0.3) is 10.0 Å². The summed E-state index contributed by atoms with van der Waals surface area (Å²) in [6.45, 7) is 0. The minimum atomic E-state index is -3.83. The summed E-state index contributed by atoms with van der Waals surface area (Å²) in [6, 6.07) is 9.61. The van der Waals surface area contributed by atoms with E-state index in [1.54, 1.807) is 0 Å². The summed E-state index contributed by atoms with van der Waals surface area (Å²) in [6.07, 6.45) is 1.00. The van der Waals surface area contributed by atoms with E-state index in [-0.39, 0.29) is 21.3 Å². The average molecular weight is 395 g/mol. The van der Waals surface area contributed by atoms with Crippen LogP contribution < -0.4 is 9.44 Å². The molecule has 6 nitrogen and oxygen atoms in total. The maximum Gasteiger partial charge on any atom is 0.261 e. The number of sulfonamides is 2. The number of anilines is 2. The molecule has 2 aromatic rings. The Balaban J connectivity index is 2.24. The molecule has 0 aliphatic rings. The first-order chi connectivity index (χ1) is 10.6. The highest BCUT2D eigenvalue weighted by atomic mass is 35.5. The van der Waals surface area contributed by atoms with Gasteiger partial charge < -0.3 is 0 Å². The van der Waals surface area contributed by atoms with Crippen LogP contribution in [0.4, 0.5) is 11.4 Å². The van der Waals surface area contributed by atoms with Crippen LogP contribution in [-0.4, -0.2) is 23.1 Å². The van der Waals surface area contributed by atoms with Crippen LogP contribution in [0.1, 0.15) is 0 Å². The smallest absolute Gasteiger partial charge is 0.261 e. The van der Waals surface area contributed by atoms with E-state index in [4.69, 9.17) is 23.2 Å². The third kappa shape index (κ3) is 5.00. The van der Waals surface area contributed by atoms with Crippen LogP contribution in [0.3, 0.4) is 0 Å². The molecule has 0 saturated carbocycles. The quantitative estimate of drug-likeness (QED) is 0.814. The highest BCUT2D eigenvalue weighted by Crippen LogP contribution is 2.26. The van der Waals surface area contributed by atoms with E-state index in [9.17, 15) is 16.8 Å². The molecule has 0 bridgehead atoms.